The summed E-state index contributed by atoms with van der Waals surface area (Å²) >= 11 is 0. The summed E-state index contributed by atoms with van der Waals surface area (Å²) in [6.45, 7) is 2.13. The molecule has 0 aromatic rings. The molecule has 0 aromatic heterocycles. The molecular weight excluding hydrogens is 564 g/mol. The van der Waals surface area contributed by atoms with Gasteiger partial charge in [0.2, 0.25) is 0 Å². The Morgan fingerprint density at radius 2 is 1.29 bits per heavy atom. The van der Waals surface area contributed by atoms with Crippen LogP contribution in [0.25, 0.3) is 0 Å². The van der Waals surface area contributed by atoms with E-state index in [4.69, 9.17) is 47.7 Å². The second-order valence-electron chi connectivity index (χ2n) is 8.73. The molecule has 18 heteroatoms. The molecule has 230 valence electrons. The average Bonchev–Trinajstić information content (AvgIpc) is 2.92. The van der Waals surface area contributed by atoms with Crippen LogP contribution in [-0.4, -0.2) is 125 Å². The molecule has 41 heavy (non-hydrogen) atoms. The molecule has 2 aliphatic rings. The van der Waals surface area contributed by atoms with Gasteiger partial charge in [-0.15, -0.1) is 0 Å². The van der Waals surface area contributed by atoms with E-state index in [1.165, 1.54) is 0 Å². The molecule has 2 heterocycles. The van der Waals surface area contributed by atoms with Gasteiger partial charge in [-0.1, -0.05) is 0 Å². The predicted molar refractivity (Wildman–Crippen MR) is 122 cm³/mol. The Labute approximate surface area is 232 Å². The summed E-state index contributed by atoms with van der Waals surface area (Å²) < 4.78 is 52.9. The molecule has 2 saturated heterocycles. The zero-order chi connectivity index (χ0) is 30.4. The summed E-state index contributed by atoms with van der Waals surface area (Å²) in [6, 6.07) is 0. The maximum atomic E-state index is 11.7. The van der Waals surface area contributed by atoms with E-state index in [2.05, 4.69) is 4.74 Å². The van der Waals surface area contributed by atoms with Crippen molar-refractivity contribution in [3.63, 3.8) is 0 Å². The van der Waals surface area contributed by atoms with Gasteiger partial charge in [0, 0.05) is 12.3 Å². The molecule has 0 saturated carbocycles. The summed E-state index contributed by atoms with van der Waals surface area (Å²) in [4.78, 5) is 78.9. The first kappa shape index (κ1) is 33.3. The third-order valence-corrected chi connectivity index (χ3v) is 6.00. The first-order valence-electron chi connectivity index (χ1n) is 12.1. The van der Waals surface area contributed by atoms with Crippen molar-refractivity contribution in [3.8, 4) is 0 Å². The van der Waals surface area contributed by atoms with E-state index in [-0.39, 0.29) is 38.8 Å². The van der Waals surface area contributed by atoms with Crippen LogP contribution in [0.2, 0.25) is 0 Å². The van der Waals surface area contributed by atoms with Crippen molar-refractivity contribution < 1.29 is 86.0 Å². The highest BCUT2D eigenvalue weighted by atomic mass is 16.8. The molecule has 2 rings (SSSR count). The largest absolute Gasteiger partial charge is 0.505 e. The molecular formula is C23H30O18. The number of carboxylic acid groups (broad SMARTS) is 1. The molecule has 0 spiro atoms. The Bertz CT molecular complexity index is 881. The van der Waals surface area contributed by atoms with Gasteiger partial charge in [0.1, 0.15) is 31.7 Å². The van der Waals surface area contributed by atoms with Gasteiger partial charge in [-0.05, 0) is 13.8 Å². The molecule has 1 unspecified atom stereocenters. The molecule has 0 amide bonds. The number of hydrogen-bond donors (Lipinski definition) is 1. The van der Waals surface area contributed by atoms with E-state index in [1.54, 1.807) is 13.8 Å². The van der Waals surface area contributed by atoms with Crippen molar-refractivity contribution >= 4 is 44.8 Å². The van der Waals surface area contributed by atoms with Crippen LogP contribution in [0.15, 0.2) is 0 Å². The van der Waals surface area contributed by atoms with Gasteiger partial charge in [-0.25, -0.2) is 4.79 Å². The summed E-state index contributed by atoms with van der Waals surface area (Å²) in [6.07, 6.45) is -15.1. The van der Waals surface area contributed by atoms with Crippen molar-refractivity contribution in [2.45, 2.75) is 81.7 Å². The van der Waals surface area contributed by atoms with Gasteiger partial charge in [-0.3, -0.25) is 24.0 Å². The minimum atomic E-state index is -1.72. The smallest absolute Gasteiger partial charge is 0.465 e. The minimum Gasteiger partial charge on any atom is -0.465 e. The fraction of sp³-hybridized carbons (Fsp3) is 0.696. The maximum absolute atomic E-state index is 11.7. The zero-order valence-electron chi connectivity index (χ0n) is 21.8. The van der Waals surface area contributed by atoms with Crippen molar-refractivity contribution in [2.75, 3.05) is 13.2 Å². The highest BCUT2D eigenvalue weighted by Gasteiger charge is 2.55. The van der Waals surface area contributed by atoms with E-state index >= 15 is 0 Å². The summed E-state index contributed by atoms with van der Waals surface area (Å²) in [5, 5.41) is 9.08. The van der Waals surface area contributed by atoms with Gasteiger partial charge >= 0.3 is 6.16 Å². The lowest BCUT2D eigenvalue weighted by Gasteiger charge is -2.48. The van der Waals surface area contributed by atoms with Crippen LogP contribution in [0.4, 0.5) is 4.79 Å². The fourth-order valence-electron chi connectivity index (χ4n) is 4.52. The molecule has 10 atom stereocenters. The molecule has 2 aliphatic heterocycles. The Kier molecular flexibility index (Phi) is 13.9. The highest BCUT2D eigenvalue weighted by Crippen LogP contribution is 2.37. The third kappa shape index (κ3) is 9.07. The number of ether oxygens (including phenoxy) is 10. The van der Waals surface area contributed by atoms with E-state index in [0.717, 1.165) is 0 Å². The van der Waals surface area contributed by atoms with Crippen LogP contribution >= 0.6 is 0 Å². The predicted octanol–water partition coefficient (Wildman–Crippen LogP) is -1.51. The van der Waals surface area contributed by atoms with Gasteiger partial charge in [0.05, 0.1) is 12.2 Å². The van der Waals surface area contributed by atoms with Crippen molar-refractivity contribution in [1.82, 2.24) is 0 Å². The Morgan fingerprint density at radius 3 is 1.85 bits per heavy atom. The summed E-state index contributed by atoms with van der Waals surface area (Å²) in [5.74, 6) is -1.09. The first-order chi connectivity index (χ1) is 19.8. The Hall–Kier alpha value is -3.87. The lowest BCUT2D eigenvalue weighted by Crippen LogP contribution is -2.65. The van der Waals surface area contributed by atoms with Gasteiger partial charge in [-0.2, -0.15) is 0 Å². The fourth-order valence-corrected chi connectivity index (χ4v) is 4.52. The monoisotopic (exact) mass is 594 g/mol. The molecule has 18 nitrogen and oxygen atoms in total. The van der Waals surface area contributed by atoms with Crippen LogP contribution < -0.4 is 0 Å². The second kappa shape index (κ2) is 17.1. The number of carbonyl (C=O) groups is 7. The topological polar surface area (TPSA) is 232 Å². The number of aldehydes is 1. The first-order valence-corrected chi connectivity index (χ1v) is 12.1. The van der Waals surface area contributed by atoms with E-state index < -0.39 is 86.7 Å². The SMILES string of the molecule is CC(C)OC1O[C@H](COC(=O)O)[C@@H](O[C@H]2O[C@H](COC=O)[C@@H](OC=O)[C@H](OC=O)[C@H]2OC=O)[C@H](CC=O)[C@H]1OC=O. The van der Waals surface area contributed by atoms with E-state index in [9.17, 15) is 33.6 Å². The molecule has 0 radical (unpaired) electrons. The minimum absolute atomic E-state index is 0.00710. The Morgan fingerprint density at radius 1 is 0.732 bits per heavy atom. The Balaban J connectivity index is 2.55. The van der Waals surface area contributed by atoms with Gasteiger partial charge in [0.15, 0.2) is 37.0 Å². The van der Waals surface area contributed by atoms with Crippen LogP contribution in [0.1, 0.15) is 20.3 Å². The maximum Gasteiger partial charge on any atom is 0.505 e. The molecule has 1 N–H and O–H groups in total. The lowest BCUT2D eigenvalue weighted by atomic mass is 9.86. The number of carbonyl (C=O) groups excluding carboxylic acids is 6. The second-order valence-corrected chi connectivity index (χ2v) is 8.73. The van der Waals surface area contributed by atoms with Crippen LogP contribution in [0.3, 0.4) is 0 Å². The number of rotatable bonds is 19. The van der Waals surface area contributed by atoms with Crippen LogP contribution in [0.5, 0.6) is 0 Å². The highest BCUT2D eigenvalue weighted by molar-refractivity contribution is 5.56. The van der Waals surface area contributed by atoms with Crippen LogP contribution in [0, 0.1) is 5.92 Å². The normalized spacial score (nSPS) is 33.0. The van der Waals surface area contributed by atoms with Crippen molar-refractivity contribution in [2.24, 2.45) is 5.92 Å². The van der Waals surface area contributed by atoms with Crippen LogP contribution in [-0.2, 0) is 76.1 Å². The summed E-state index contributed by atoms with van der Waals surface area (Å²) in [7, 11) is 0. The third-order valence-electron chi connectivity index (χ3n) is 6.00. The number of hydrogen-bond acceptors (Lipinski definition) is 17. The molecule has 0 aromatic carbocycles. The standard InChI is InChI=1S/C23H30O18/c1-12(2)38-21-17(34-8-26)13(3-4-24)16(15(40-21)6-33-23(30)31)41-22-20(37-11-29)19(36-10-28)18(35-9-27)14(39-22)5-32-7-25/h4,7-22H,3,5-6H2,1-2H3,(H,30,31)/t13-,14+,15+,16-,17+,18+,19-,20+,21?,22+/m0/s1. The zero-order valence-corrected chi connectivity index (χ0v) is 21.8. The quantitative estimate of drug-likeness (QED) is 0.102. The average molecular weight is 594 g/mol. The van der Waals surface area contributed by atoms with Gasteiger partial charge in [0.25, 0.3) is 32.4 Å². The van der Waals surface area contributed by atoms with E-state index in [1.807, 2.05) is 0 Å². The summed E-state index contributed by atoms with van der Waals surface area (Å²) in [5.41, 5.74) is 0. The van der Waals surface area contributed by atoms with Gasteiger partial charge < -0.3 is 57.3 Å². The van der Waals surface area contributed by atoms with Crippen molar-refractivity contribution in [1.29, 1.82) is 0 Å². The van der Waals surface area contributed by atoms with Crippen molar-refractivity contribution in [3.05, 3.63) is 0 Å². The molecule has 0 bridgehead atoms. The molecule has 2 fully saturated rings. The lowest BCUT2D eigenvalue weighted by molar-refractivity contribution is -0.354. The van der Waals surface area contributed by atoms with E-state index in [0.29, 0.717) is 6.29 Å². The molecule has 0 aliphatic carbocycles.